The molecule has 0 amide bonds. The Bertz CT molecular complexity index is 1360. The molecular weight excluding hydrogens is 521 g/mol. The molecule has 1 aromatic carbocycles. The van der Waals surface area contributed by atoms with Gasteiger partial charge in [-0.2, -0.15) is 18.2 Å². The number of likely N-dealkylation sites (N-methyl/N-ethyl adjacent to an activating group) is 1. The highest BCUT2D eigenvalue weighted by Gasteiger charge is 2.37. The fourth-order valence-corrected chi connectivity index (χ4v) is 5.37. The van der Waals surface area contributed by atoms with E-state index < -0.39 is 11.7 Å². The lowest BCUT2D eigenvalue weighted by Crippen LogP contribution is -2.59. The van der Waals surface area contributed by atoms with Gasteiger partial charge >= 0.3 is 11.9 Å². The standard InChI is InChI=1S/C29H39F3N6O2/c1-7-22-18-38(23(8-2)17-37(22)19(3)20-9-11-21(12-10-20)29(30,31)32)27-26-24(36(6)28(39)34-27)13-14-25(33-26)40-16-15-35(4)5/h9-14,19,22-23H,7-8,15-18H2,1-6H3/t19?,22-,23+/m1/s1. The zero-order chi connectivity index (χ0) is 29.2. The molecule has 1 unspecified atom stereocenters. The maximum atomic E-state index is 13.1. The van der Waals surface area contributed by atoms with Crippen molar-refractivity contribution in [3.63, 3.8) is 0 Å². The summed E-state index contributed by atoms with van der Waals surface area (Å²) in [6.45, 7) is 8.75. The topological polar surface area (TPSA) is 66.7 Å². The van der Waals surface area contributed by atoms with Crippen LogP contribution in [-0.2, 0) is 13.2 Å². The predicted molar refractivity (Wildman–Crippen MR) is 151 cm³/mol. The van der Waals surface area contributed by atoms with Crippen molar-refractivity contribution in [1.82, 2.24) is 24.3 Å². The van der Waals surface area contributed by atoms with Crippen LogP contribution in [0, 0.1) is 0 Å². The summed E-state index contributed by atoms with van der Waals surface area (Å²) in [6.07, 6.45) is -2.74. The molecule has 0 saturated carbocycles. The minimum Gasteiger partial charge on any atom is -0.476 e. The van der Waals surface area contributed by atoms with Crippen LogP contribution in [0.1, 0.15) is 50.8 Å². The average Bonchev–Trinajstić information content (AvgIpc) is 2.93. The van der Waals surface area contributed by atoms with E-state index in [0.717, 1.165) is 37.1 Å². The van der Waals surface area contributed by atoms with Crippen molar-refractivity contribution < 1.29 is 17.9 Å². The Morgan fingerprint density at radius 1 is 1.02 bits per heavy atom. The normalized spacial score (nSPS) is 19.4. The number of aromatic nitrogens is 3. The summed E-state index contributed by atoms with van der Waals surface area (Å²) < 4.78 is 46.7. The first-order valence-electron chi connectivity index (χ1n) is 13.8. The van der Waals surface area contributed by atoms with Gasteiger partial charge in [0.05, 0.1) is 11.1 Å². The fraction of sp³-hybridized carbons (Fsp3) is 0.552. The molecule has 40 heavy (non-hydrogen) atoms. The van der Waals surface area contributed by atoms with Crippen LogP contribution in [0.5, 0.6) is 5.88 Å². The number of benzene rings is 1. The number of halogens is 3. The van der Waals surface area contributed by atoms with Crippen molar-refractivity contribution in [2.75, 3.05) is 45.2 Å². The zero-order valence-corrected chi connectivity index (χ0v) is 24.1. The van der Waals surface area contributed by atoms with E-state index in [1.165, 1.54) is 4.57 Å². The second kappa shape index (κ2) is 12.1. The molecule has 1 saturated heterocycles. The molecular formula is C29H39F3N6O2. The second-order valence-electron chi connectivity index (χ2n) is 10.7. The summed E-state index contributed by atoms with van der Waals surface area (Å²) >= 11 is 0. The van der Waals surface area contributed by atoms with Gasteiger partial charge in [0.15, 0.2) is 5.82 Å². The molecule has 11 heteroatoms. The molecule has 3 aromatic rings. The van der Waals surface area contributed by atoms with Crippen LogP contribution in [0.2, 0.25) is 0 Å². The van der Waals surface area contributed by atoms with E-state index in [9.17, 15) is 18.0 Å². The fourth-order valence-electron chi connectivity index (χ4n) is 5.37. The van der Waals surface area contributed by atoms with E-state index in [1.807, 2.05) is 32.0 Å². The molecule has 0 aliphatic carbocycles. The Morgan fingerprint density at radius 3 is 2.30 bits per heavy atom. The SMILES string of the molecule is CC[C@H]1CN(C(C)c2ccc(C(F)(F)F)cc2)[C@H](CC)CN1c1nc(=O)n(C)c2ccc(OCCN(C)C)nc12. The van der Waals surface area contributed by atoms with Crippen LogP contribution in [0.3, 0.4) is 0 Å². The minimum atomic E-state index is -4.36. The summed E-state index contributed by atoms with van der Waals surface area (Å²) in [4.78, 5) is 28.7. The Hall–Kier alpha value is -3.18. The third-order valence-corrected chi connectivity index (χ3v) is 7.87. The number of hydrogen-bond donors (Lipinski definition) is 0. The third-order valence-electron chi connectivity index (χ3n) is 7.87. The van der Waals surface area contributed by atoms with Crippen molar-refractivity contribution in [3.05, 3.63) is 58.0 Å². The Kier molecular flexibility index (Phi) is 9.04. The number of pyridine rings is 1. The molecule has 1 aliphatic heterocycles. The number of hydrogen-bond acceptors (Lipinski definition) is 7. The molecule has 3 atom stereocenters. The van der Waals surface area contributed by atoms with Gasteiger partial charge in [-0.25, -0.2) is 9.78 Å². The summed E-state index contributed by atoms with van der Waals surface area (Å²) in [7, 11) is 5.63. The first-order chi connectivity index (χ1) is 18.9. The smallest absolute Gasteiger partial charge is 0.416 e. The lowest BCUT2D eigenvalue weighted by Gasteiger charge is -2.49. The molecule has 3 heterocycles. The van der Waals surface area contributed by atoms with Crippen LogP contribution in [-0.4, -0.2) is 76.8 Å². The summed E-state index contributed by atoms with van der Waals surface area (Å²) in [5.41, 5.74) is 1.13. The Labute approximate surface area is 233 Å². The number of rotatable bonds is 9. The first-order valence-corrected chi connectivity index (χ1v) is 13.8. The quantitative estimate of drug-likeness (QED) is 0.375. The number of nitrogens with zero attached hydrogens (tertiary/aromatic N) is 6. The van der Waals surface area contributed by atoms with Gasteiger partial charge in [0.2, 0.25) is 5.88 Å². The van der Waals surface area contributed by atoms with E-state index in [4.69, 9.17) is 9.72 Å². The molecule has 0 radical (unpaired) electrons. The summed E-state index contributed by atoms with van der Waals surface area (Å²) in [5.74, 6) is 1.02. The van der Waals surface area contributed by atoms with Gasteiger partial charge < -0.3 is 14.5 Å². The maximum absolute atomic E-state index is 13.1. The van der Waals surface area contributed by atoms with E-state index in [-0.39, 0.29) is 23.8 Å². The average molecular weight is 561 g/mol. The van der Waals surface area contributed by atoms with Gasteiger partial charge in [0.25, 0.3) is 0 Å². The van der Waals surface area contributed by atoms with Crippen molar-refractivity contribution in [2.45, 2.75) is 57.9 Å². The second-order valence-corrected chi connectivity index (χ2v) is 10.7. The lowest BCUT2D eigenvalue weighted by atomic mass is 9.96. The van der Waals surface area contributed by atoms with Gasteiger partial charge in [-0.1, -0.05) is 26.0 Å². The Morgan fingerprint density at radius 2 is 1.70 bits per heavy atom. The lowest BCUT2D eigenvalue weighted by molar-refractivity contribution is -0.137. The highest BCUT2D eigenvalue weighted by Crippen LogP contribution is 2.35. The largest absolute Gasteiger partial charge is 0.476 e. The van der Waals surface area contributed by atoms with E-state index in [2.05, 4.69) is 28.6 Å². The molecule has 1 fully saturated rings. The van der Waals surface area contributed by atoms with Gasteiger partial charge in [-0.15, -0.1) is 0 Å². The van der Waals surface area contributed by atoms with E-state index in [0.29, 0.717) is 42.4 Å². The molecule has 8 nitrogen and oxygen atoms in total. The number of aryl methyl sites for hydroxylation is 1. The highest BCUT2D eigenvalue weighted by molar-refractivity contribution is 5.86. The number of piperazine rings is 1. The van der Waals surface area contributed by atoms with Gasteiger partial charge in [0.1, 0.15) is 12.1 Å². The van der Waals surface area contributed by atoms with Crippen molar-refractivity contribution in [1.29, 1.82) is 0 Å². The highest BCUT2D eigenvalue weighted by atomic mass is 19.4. The van der Waals surface area contributed by atoms with Gasteiger partial charge in [-0.05, 0) is 57.6 Å². The molecule has 4 rings (SSSR count). The molecule has 0 N–H and O–H groups in total. The van der Waals surface area contributed by atoms with Gasteiger partial charge in [-0.3, -0.25) is 9.47 Å². The Balaban J connectivity index is 1.66. The van der Waals surface area contributed by atoms with Gasteiger partial charge in [0, 0.05) is 50.9 Å². The summed E-state index contributed by atoms with van der Waals surface area (Å²) in [6, 6.07) is 9.13. The maximum Gasteiger partial charge on any atom is 0.416 e. The van der Waals surface area contributed by atoms with Crippen molar-refractivity contribution in [2.24, 2.45) is 7.05 Å². The summed E-state index contributed by atoms with van der Waals surface area (Å²) in [5, 5.41) is 0. The van der Waals surface area contributed by atoms with Crippen molar-refractivity contribution in [3.8, 4) is 5.88 Å². The third kappa shape index (κ3) is 6.25. The molecule has 0 bridgehead atoms. The minimum absolute atomic E-state index is 0.0302. The predicted octanol–water partition coefficient (Wildman–Crippen LogP) is 4.73. The van der Waals surface area contributed by atoms with E-state index >= 15 is 0 Å². The van der Waals surface area contributed by atoms with Crippen LogP contribution in [0.25, 0.3) is 11.0 Å². The number of ether oxygens (including phenoxy) is 1. The number of alkyl halides is 3. The molecule has 2 aromatic heterocycles. The number of anilines is 1. The van der Waals surface area contributed by atoms with Crippen LogP contribution >= 0.6 is 0 Å². The van der Waals surface area contributed by atoms with Crippen LogP contribution in [0.15, 0.2) is 41.2 Å². The molecule has 218 valence electrons. The van der Waals surface area contributed by atoms with Crippen LogP contribution < -0.4 is 15.3 Å². The number of fused-ring (bicyclic) bond motifs is 1. The van der Waals surface area contributed by atoms with Crippen LogP contribution in [0.4, 0.5) is 19.0 Å². The van der Waals surface area contributed by atoms with Crippen molar-refractivity contribution >= 4 is 16.9 Å². The first kappa shape index (κ1) is 29.8. The molecule has 1 aliphatic rings. The monoisotopic (exact) mass is 560 g/mol. The zero-order valence-electron chi connectivity index (χ0n) is 24.1. The van der Waals surface area contributed by atoms with E-state index in [1.54, 1.807) is 25.2 Å². The molecule has 0 spiro atoms.